The number of rotatable bonds is 5. The van der Waals surface area contributed by atoms with Crippen LogP contribution in [0.25, 0.3) is 5.69 Å². The van der Waals surface area contributed by atoms with Gasteiger partial charge in [0.05, 0.1) is 10.6 Å². The van der Waals surface area contributed by atoms with Gasteiger partial charge >= 0.3 is 10.1 Å². The van der Waals surface area contributed by atoms with Crippen LogP contribution in [0.5, 0.6) is 5.75 Å². The molecular formula is C14H11N5O5S. The summed E-state index contributed by atoms with van der Waals surface area (Å²) in [5, 5.41) is 21.7. The van der Waals surface area contributed by atoms with Crippen molar-refractivity contribution in [3.05, 3.63) is 64.5 Å². The van der Waals surface area contributed by atoms with E-state index in [4.69, 9.17) is 4.18 Å². The maximum atomic E-state index is 12.4. The smallest absolute Gasteiger partial charge is 0.339 e. The highest BCUT2D eigenvalue weighted by Crippen LogP contribution is 2.25. The lowest BCUT2D eigenvalue weighted by Crippen LogP contribution is -2.10. The molecule has 0 saturated carbocycles. The van der Waals surface area contributed by atoms with Crippen LogP contribution in [0.4, 0.5) is 5.69 Å². The highest BCUT2D eigenvalue weighted by Gasteiger charge is 2.22. The Morgan fingerprint density at radius 1 is 1.20 bits per heavy atom. The van der Waals surface area contributed by atoms with Crippen molar-refractivity contribution >= 4 is 15.8 Å². The van der Waals surface area contributed by atoms with Crippen LogP contribution in [-0.4, -0.2) is 33.5 Å². The van der Waals surface area contributed by atoms with Gasteiger partial charge in [-0.3, -0.25) is 10.1 Å². The number of hydrogen-bond donors (Lipinski definition) is 0. The molecule has 0 fully saturated rings. The fraction of sp³-hybridized carbons (Fsp3) is 0.0714. The van der Waals surface area contributed by atoms with E-state index in [-0.39, 0.29) is 16.3 Å². The minimum Gasteiger partial charge on any atom is -0.379 e. The third kappa shape index (κ3) is 3.45. The molecule has 0 radical (unpaired) electrons. The van der Waals surface area contributed by atoms with Crippen LogP contribution in [0.3, 0.4) is 0 Å². The van der Waals surface area contributed by atoms with Gasteiger partial charge in [0, 0.05) is 17.7 Å². The zero-order valence-corrected chi connectivity index (χ0v) is 13.6. The Kier molecular flexibility index (Phi) is 4.15. The average Bonchev–Trinajstić information content (AvgIpc) is 3.09. The van der Waals surface area contributed by atoms with E-state index in [1.54, 1.807) is 12.1 Å². The predicted octanol–water partition coefficient (Wildman–Crippen LogP) is 1.65. The van der Waals surface area contributed by atoms with Crippen molar-refractivity contribution in [2.24, 2.45) is 0 Å². The second-order valence-electron chi connectivity index (χ2n) is 4.99. The summed E-state index contributed by atoms with van der Waals surface area (Å²) in [6.45, 7) is 1.52. The number of nitro benzene ring substituents is 1. The number of nitrogens with zero attached hydrogens (tertiary/aromatic N) is 5. The molecule has 0 aliphatic carbocycles. The third-order valence-corrected chi connectivity index (χ3v) is 4.55. The summed E-state index contributed by atoms with van der Waals surface area (Å²) in [6, 6.07) is 9.67. The van der Waals surface area contributed by atoms with Crippen molar-refractivity contribution < 1.29 is 17.5 Å². The van der Waals surface area contributed by atoms with Crippen LogP contribution < -0.4 is 4.18 Å². The Morgan fingerprint density at radius 2 is 2.00 bits per heavy atom. The molecule has 0 aliphatic rings. The Morgan fingerprint density at radius 3 is 2.68 bits per heavy atom. The molecule has 25 heavy (non-hydrogen) atoms. The quantitative estimate of drug-likeness (QED) is 0.381. The molecule has 2 aromatic carbocycles. The SMILES string of the molecule is Cc1ccc(S(=O)(=O)Oc2cccc(-n3cnnn3)c2)cc1[N+](=O)[O-]. The monoisotopic (exact) mass is 361 g/mol. The van der Waals surface area contributed by atoms with Crippen LogP contribution in [-0.2, 0) is 10.1 Å². The fourth-order valence-corrected chi connectivity index (χ4v) is 3.02. The van der Waals surface area contributed by atoms with Crippen molar-refractivity contribution in [3.8, 4) is 11.4 Å². The normalized spacial score (nSPS) is 11.2. The summed E-state index contributed by atoms with van der Waals surface area (Å²) >= 11 is 0. The second kappa shape index (κ2) is 6.28. The second-order valence-corrected chi connectivity index (χ2v) is 6.54. The molecular weight excluding hydrogens is 350 g/mol. The first-order chi connectivity index (χ1) is 11.9. The Hall–Kier alpha value is -3.34. The highest BCUT2D eigenvalue weighted by atomic mass is 32.2. The van der Waals surface area contributed by atoms with Crippen LogP contribution in [0, 0.1) is 17.0 Å². The van der Waals surface area contributed by atoms with Gasteiger partial charge in [0.2, 0.25) is 0 Å². The summed E-state index contributed by atoms with van der Waals surface area (Å²) in [5.74, 6) is 0.0243. The number of benzene rings is 2. The molecule has 0 bridgehead atoms. The molecule has 0 saturated heterocycles. The van der Waals surface area contributed by atoms with Crippen molar-refractivity contribution in [2.45, 2.75) is 11.8 Å². The van der Waals surface area contributed by atoms with E-state index in [1.165, 1.54) is 42.2 Å². The average molecular weight is 361 g/mol. The summed E-state index contributed by atoms with van der Waals surface area (Å²) in [5.41, 5.74) is 0.546. The maximum Gasteiger partial charge on any atom is 0.339 e. The maximum absolute atomic E-state index is 12.4. The lowest BCUT2D eigenvalue weighted by molar-refractivity contribution is -0.385. The van der Waals surface area contributed by atoms with E-state index in [9.17, 15) is 18.5 Å². The van der Waals surface area contributed by atoms with Gasteiger partial charge in [0.1, 0.15) is 17.0 Å². The van der Waals surface area contributed by atoms with E-state index >= 15 is 0 Å². The van der Waals surface area contributed by atoms with Crippen LogP contribution in [0.15, 0.2) is 53.7 Å². The van der Waals surface area contributed by atoms with Gasteiger partial charge in [0.25, 0.3) is 5.69 Å². The van der Waals surface area contributed by atoms with Crippen molar-refractivity contribution in [1.29, 1.82) is 0 Å². The van der Waals surface area contributed by atoms with Gasteiger partial charge in [0.15, 0.2) is 0 Å². The van der Waals surface area contributed by atoms with Crippen molar-refractivity contribution in [3.63, 3.8) is 0 Å². The van der Waals surface area contributed by atoms with Crippen molar-refractivity contribution in [2.75, 3.05) is 0 Å². The topological polar surface area (TPSA) is 130 Å². The molecule has 0 spiro atoms. The third-order valence-electron chi connectivity index (χ3n) is 3.30. The first-order valence-corrected chi connectivity index (χ1v) is 8.30. The van der Waals surface area contributed by atoms with E-state index in [1.807, 2.05) is 0 Å². The molecule has 10 nitrogen and oxygen atoms in total. The van der Waals surface area contributed by atoms with E-state index in [2.05, 4.69) is 15.5 Å². The van der Waals surface area contributed by atoms with Crippen molar-refractivity contribution in [1.82, 2.24) is 20.2 Å². The van der Waals surface area contributed by atoms with Crippen LogP contribution in [0.2, 0.25) is 0 Å². The predicted molar refractivity (Wildman–Crippen MR) is 84.8 cm³/mol. The summed E-state index contributed by atoms with van der Waals surface area (Å²) in [6.07, 6.45) is 1.34. The van der Waals surface area contributed by atoms with E-state index in [0.29, 0.717) is 11.3 Å². The van der Waals surface area contributed by atoms with Gasteiger partial charge in [-0.1, -0.05) is 12.1 Å². The largest absolute Gasteiger partial charge is 0.379 e. The molecule has 11 heteroatoms. The molecule has 0 aliphatic heterocycles. The first kappa shape index (κ1) is 16.5. The number of tetrazole rings is 1. The first-order valence-electron chi connectivity index (χ1n) is 6.90. The minimum atomic E-state index is -4.24. The number of aryl methyl sites for hydroxylation is 1. The van der Waals surface area contributed by atoms with Gasteiger partial charge in [-0.25, -0.2) is 4.68 Å². The lowest BCUT2D eigenvalue weighted by atomic mass is 10.2. The Balaban J connectivity index is 1.93. The summed E-state index contributed by atoms with van der Waals surface area (Å²) in [4.78, 5) is 10.0. The zero-order valence-electron chi connectivity index (χ0n) is 12.8. The Bertz CT molecular complexity index is 1030. The van der Waals surface area contributed by atoms with Gasteiger partial charge < -0.3 is 4.18 Å². The van der Waals surface area contributed by atoms with E-state index in [0.717, 1.165) is 6.07 Å². The molecule has 128 valence electrons. The number of aromatic nitrogens is 4. The van der Waals surface area contributed by atoms with Gasteiger partial charge in [-0.15, -0.1) is 5.10 Å². The summed E-state index contributed by atoms with van der Waals surface area (Å²) in [7, 11) is -4.24. The summed E-state index contributed by atoms with van der Waals surface area (Å²) < 4.78 is 31.2. The van der Waals surface area contributed by atoms with Crippen LogP contribution in [0.1, 0.15) is 5.56 Å². The molecule has 3 rings (SSSR count). The molecule has 3 aromatic rings. The molecule has 0 amide bonds. The molecule has 1 aromatic heterocycles. The Labute approximate surface area is 141 Å². The molecule has 0 atom stereocenters. The van der Waals surface area contributed by atoms with Gasteiger partial charge in [-0.2, -0.15) is 8.42 Å². The fourth-order valence-electron chi connectivity index (χ4n) is 2.07. The molecule has 0 N–H and O–H groups in total. The standard InChI is InChI=1S/C14H11N5O5S/c1-10-5-6-13(8-14(10)19(20)21)25(22,23)24-12-4-2-3-11(7-12)18-9-15-16-17-18/h2-9H,1H3. The molecule has 1 heterocycles. The molecule has 0 unspecified atom stereocenters. The highest BCUT2D eigenvalue weighted by molar-refractivity contribution is 7.87. The zero-order chi connectivity index (χ0) is 18.0. The lowest BCUT2D eigenvalue weighted by Gasteiger charge is -2.08. The van der Waals surface area contributed by atoms with Gasteiger partial charge in [-0.05, 0) is 35.5 Å². The number of nitro groups is 1. The van der Waals surface area contributed by atoms with E-state index < -0.39 is 15.0 Å². The minimum absolute atomic E-state index is 0.0243. The number of hydrogen-bond acceptors (Lipinski definition) is 8. The van der Waals surface area contributed by atoms with Crippen LogP contribution >= 0.6 is 0 Å².